The second kappa shape index (κ2) is 3.73. The van der Waals surface area contributed by atoms with Crippen molar-refractivity contribution < 1.29 is 15.0 Å². The number of rotatable bonds is 1. The molecule has 1 aliphatic heterocycles. The molecule has 0 aromatic heterocycles. The van der Waals surface area contributed by atoms with E-state index in [-0.39, 0.29) is 19.0 Å². The van der Waals surface area contributed by atoms with E-state index in [1.807, 2.05) is 0 Å². The van der Waals surface area contributed by atoms with Gasteiger partial charge in [0.25, 0.3) is 0 Å². The van der Waals surface area contributed by atoms with E-state index in [0.717, 1.165) is 12.8 Å². The summed E-state index contributed by atoms with van der Waals surface area (Å²) in [6.07, 6.45) is 1.77. The maximum Gasteiger partial charge on any atom is 0.242 e. The molecule has 5 nitrogen and oxygen atoms in total. The standard InChI is InChI=1S/C10H18N2O3/c11-10(3-1-2-4-10)9(15)12-5-7(13)8(14)6-12/h7-8,13-14H,1-6,11H2. The third-order valence-corrected chi connectivity index (χ3v) is 3.47. The van der Waals surface area contributed by atoms with Crippen LogP contribution >= 0.6 is 0 Å². The Morgan fingerprint density at radius 3 is 2.13 bits per heavy atom. The average Bonchev–Trinajstić information content (AvgIpc) is 2.75. The lowest BCUT2D eigenvalue weighted by Crippen LogP contribution is -2.53. The number of likely N-dealkylation sites (tertiary alicyclic amines) is 1. The van der Waals surface area contributed by atoms with Gasteiger partial charge in [-0.15, -0.1) is 0 Å². The van der Waals surface area contributed by atoms with E-state index in [9.17, 15) is 15.0 Å². The number of aliphatic hydroxyl groups is 2. The highest BCUT2D eigenvalue weighted by Crippen LogP contribution is 2.30. The molecule has 0 bridgehead atoms. The number of aliphatic hydroxyl groups excluding tert-OH is 2. The summed E-state index contributed by atoms with van der Waals surface area (Å²) in [4.78, 5) is 13.5. The third-order valence-electron chi connectivity index (χ3n) is 3.47. The molecule has 0 aromatic carbocycles. The second-order valence-corrected chi connectivity index (χ2v) is 4.71. The third kappa shape index (κ3) is 1.87. The highest BCUT2D eigenvalue weighted by Gasteiger charge is 2.43. The zero-order chi connectivity index (χ0) is 11.1. The Hall–Kier alpha value is -0.650. The van der Waals surface area contributed by atoms with E-state index in [2.05, 4.69) is 0 Å². The predicted octanol–water partition coefficient (Wildman–Crippen LogP) is -1.18. The quantitative estimate of drug-likeness (QED) is 0.513. The van der Waals surface area contributed by atoms with Crippen molar-refractivity contribution in [1.29, 1.82) is 0 Å². The van der Waals surface area contributed by atoms with Crippen molar-refractivity contribution in [2.24, 2.45) is 5.73 Å². The van der Waals surface area contributed by atoms with E-state index in [0.29, 0.717) is 12.8 Å². The van der Waals surface area contributed by atoms with Gasteiger partial charge < -0.3 is 20.8 Å². The minimum Gasteiger partial charge on any atom is -0.388 e. The first-order valence-corrected chi connectivity index (χ1v) is 5.47. The van der Waals surface area contributed by atoms with Gasteiger partial charge in [0, 0.05) is 13.1 Å². The Kier molecular flexibility index (Phi) is 2.70. The van der Waals surface area contributed by atoms with Gasteiger partial charge in [-0.2, -0.15) is 0 Å². The molecule has 1 heterocycles. The number of carbonyl (C=O) groups excluding carboxylic acids is 1. The van der Waals surface area contributed by atoms with E-state index >= 15 is 0 Å². The summed E-state index contributed by atoms with van der Waals surface area (Å²) in [5.74, 6) is -0.115. The van der Waals surface area contributed by atoms with Gasteiger partial charge in [-0.1, -0.05) is 12.8 Å². The monoisotopic (exact) mass is 214 g/mol. The first-order chi connectivity index (χ1) is 7.03. The molecule has 1 amide bonds. The molecule has 4 N–H and O–H groups in total. The molecule has 0 radical (unpaired) electrons. The fourth-order valence-corrected chi connectivity index (χ4v) is 2.47. The van der Waals surface area contributed by atoms with Crippen LogP contribution < -0.4 is 5.73 Å². The lowest BCUT2D eigenvalue weighted by molar-refractivity contribution is -0.136. The highest BCUT2D eigenvalue weighted by atomic mass is 16.3. The van der Waals surface area contributed by atoms with Crippen molar-refractivity contribution >= 4 is 5.91 Å². The molecule has 1 saturated carbocycles. The van der Waals surface area contributed by atoms with Crippen LogP contribution in [0.25, 0.3) is 0 Å². The number of amides is 1. The number of nitrogens with zero attached hydrogens (tertiary/aromatic N) is 1. The Labute approximate surface area is 88.9 Å². The summed E-state index contributed by atoms with van der Waals surface area (Å²) >= 11 is 0. The molecule has 2 unspecified atom stereocenters. The Bertz CT molecular complexity index is 253. The first-order valence-electron chi connectivity index (χ1n) is 5.47. The van der Waals surface area contributed by atoms with Gasteiger partial charge in [0.1, 0.15) is 0 Å². The van der Waals surface area contributed by atoms with Crippen molar-refractivity contribution in [3.63, 3.8) is 0 Å². The number of carbonyl (C=O) groups is 1. The molecule has 2 atom stereocenters. The van der Waals surface area contributed by atoms with Crippen LogP contribution in [0.4, 0.5) is 0 Å². The van der Waals surface area contributed by atoms with Crippen molar-refractivity contribution in [2.75, 3.05) is 13.1 Å². The van der Waals surface area contributed by atoms with Crippen molar-refractivity contribution in [1.82, 2.24) is 4.90 Å². The first kappa shape index (κ1) is 10.9. The van der Waals surface area contributed by atoms with Gasteiger partial charge in [0.05, 0.1) is 17.7 Å². The SMILES string of the molecule is NC1(C(=O)N2CC(O)C(O)C2)CCCC1. The van der Waals surface area contributed by atoms with Crippen LogP contribution in [0.1, 0.15) is 25.7 Å². The summed E-state index contributed by atoms with van der Waals surface area (Å²) < 4.78 is 0. The molecule has 86 valence electrons. The largest absolute Gasteiger partial charge is 0.388 e. The van der Waals surface area contributed by atoms with Crippen LogP contribution in [-0.2, 0) is 4.79 Å². The molecule has 2 aliphatic rings. The van der Waals surface area contributed by atoms with Gasteiger partial charge in [-0.3, -0.25) is 4.79 Å². The molecule has 5 heteroatoms. The van der Waals surface area contributed by atoms with Crippen LogP contribution in [0.5, 0.6) is 0 Å². The molecule has 15 heavy (non-hydrogen) atoms. The van der Waals surface area contributed by atoms with Gasteiger partial charge in [-0.25, -0.2) is 0 Å². The summed E-state index contributed by atoms with van der Waals surface area (Å²) in [6, 6.07) is 0. The zero-order valence-corrected chi connectivity index (χ0v) is 8.72. The minimum absolute atomic E-state index is 0.115. The minimum atomic E-state index is -0.820. The summed E-state index contributed by atoms with van der Waals surface area (Å²) in [6.45, 7) is 0.415. The Morgan fingerprint density at radius 1 is 1.20 bits per heavy atom. The lowest BCUT2D eigenvalue weighted by atomic mass is 9.97. The topological polar surface area (TPSA) is 86.8 Å². The van der Waals surface area contributed by atoms with Gasteiger partial charge >= 0.3 is 0 Å². The van der Waals surface area contributed by atoms with Crippen molar-refractivity contribution in [2.45, 2.75) is 43.4 Å². The smallest absolute Gasteiger partial charge is 0.242 e. The van der Waals surface area contributed by atoms with E-state index in [4.69, 9.17) is 5.73 Å². The molecule has 2 rings (SSSR count). The fraction of sp³-hybridized carbons (Fsp3) is 0.900. The molecular weight excluding hydrogens is 196 g/mol. The number of nitrogens with two attached hydrogens (primary N) is 1. The van der Waals surface area contributed by atoms with Gasteiger partial charge in [0.2, 0.25) is 5.91 Å². The zero-order valence-electron chi connectivity index (χ0n) is 8.72. The lowest BCUT2D eigenvalue weighted by Gasteiger charge is -2.28. The Morgan fingerprint density at radius 2 is 1.67 bits per heavy atom. The Balaban J connectivity index is 2.02. The summed E-state index contributed by atoms with van der Waals surface area (Å²) in [7, 11) is 0. The van der Waals surface area contributed by atoms with Crippen molar-refractivity contribution in [3.05, 3.63) is 0 Å². The van der Waals surface area contributed by atoms with Crippen molar-refractivity contribution in [3.8, 4) is 0 Å². The van der Waals surface area contributed by atoms with Crippen LogP contribution in [0.3, 0.4) is 0 Å². The predicted molar refractivity (Wildman–Crippen MR) is 54.0 cm³/mol. The van der Waals surface area contributed by atoms with Crippen LogP contribution in [0, 0.1) is 0 Å². The van der Waals surface area contributed by atoms with Gasteiger partial charge in [0.15, 0.2) is 0 Å². The summed E-state index contributed by atoms with van der Waals surface area (Å²) in [5, 5.41) is 18.7. The molecule has 2 fully saturated rings. The van der Waals surface area contributed by atoms with E-state index in [1.165, 1.54) is 4.90 Å². The number of hydrogen-bond donors (Lipinski definition) is 3. The number of β-amino-alcohol motifs (C(OH)–C–C–N with tert-alkyl or cyclic N) is 2. The average molecular weight is 214 g/mol. The van der Waals surface area contributed by atoms with E-state index in [1.54, 1.807) is 0 Å². The molecule has 1 saturated heterocycles. The molecule has 0 spiro atoms. The van der Waals surface area contributed by atoms with E-state index < -0.39 is 17.7 Å². The maximum atomic E-state index is 12.0. The van der Waals surface area contributed by atoms with Crippen LogP contribution in [0.2, 0.25) is 0 Å². The molecular formula is C10H18N2O3. The normalized spacial score (nSPS) is 34.7. The fourth-order valence-electron chi connectivity index (χ4n) is 2.47. The second-order valence-electron chi connectivity index (χ2n) is 4.71. The maximum absolute atomic E-state index is 12.0. The van der Waals surface area contributed by atoms with Crippen LogP contribution in [0.15, 0.2) is 0 Å². The summed E-state index contributed by atoms with van der Waals surface area (Å²) in [5.41, 5.74) is 5.27. The van der Waals surface area contributed by atoms with Gasteiger partial charge in [-0.05, 0) is 12.8 Å². The molecule has 0 aromatic rings. The number of hydrogen-bond acceptors (Lipinski definition) is 4. The molecule has 1 aliphatic carbocycles. The highest BCUT2D eigenvalue weighted by molar-refractivity contribution is 5.86. The van der Waals surface area contributed by atoms with Crippen LogP contribution in [-0.4, -0.2) is 51.9 Å².